The number of benzene rings is 1. The first-order valence-electron chi connectivity index (χ1n) is 8.14. The Morgan fingerprint density at radius 1 is 1.27 bits per heavy atom. The lowest BCUT2D eigenvalue weighted by Gasteiger charge is -2.04. The number of ether oxygens (including phenoxy) is 1. The number of aryl methyl sites for hydroxylation is 1. The average Bonchev–Trinajstić information content (AvgIpc) is 3.27. The van der Waals surface area contributed by atoms with Gasteiger partial charge in [0.05, 0.1) is 16.3 Å². The summed E-state index contributed by atoms with van der Waals surface area (Å²) in [6.45, 7) is 5.90. The van der Waals surface area contributed by atoms with Crippen molar-refractivity contribution in [2.75, 3.05) is 0 Å². The lowest BCUT2D eigenvalue weighted by Crippen LogP contribution is -2.05. The highest BCUT2D eigenvalue weighted by atomic mass is 32.2. The monoisotopic (exact) mass is 389 g/mol. The molecule has 0 bridgehead atoms. The van der Waals surface area contributed by atoms with Crippen LogP contribution in [0, 0.1) is 6.92 Å². The van der Waals surface area contributed by atoms with Gasteiger partial charge in [0.25, 0.3) is 5.89 Å². The maximum atomic E-state index is 12.1. The van der Waals surface area contributed by atoms with Gasteiger partial charge in [0.1, 0.15) is 0 Å². The van der Waals surface area contributed by atoms with Crippen LogP contribution in [0.2, 0.25) is 0 Å². The van der Waals surface area contributed by atoms with Gasteiger partial charge in [-0.3, -0.25) is 0 Å². The van der Waals surface area contributed by atoms with Gasteiger partial charge < -0.3 is 9.26 Å². The molecule has 2 heterocycles. The predicted molar refractivity (Wildman–Crippen MR) is 100 cm³/mol. The number of thioether (sulfide) groups is 1. The third kappa shape index (κ3) is 4.92. The Labute approximate surface area is 160 Å². The van der Waals surface area contributed by atoms with E-state index >= 15 is 0 Å². The summed E-state index contributed by atoms with van der Waals surface area (Å²) in [5.74, 6) is 1.46. The number of carbonyl (C=O) groups excluding carboxylic acids is 1. The Kier molecular flexibility index (Phi) is 6.05. The topological polar surface area (TPSA) is 78.1 Å². The number of thiazole rings is 1. The van der Waals surface area contributed by atoms with Crippen LogP contribution in [0.1, 0.15) is 52.5 Å². The molecule has 8 heteroatoms. The third-order valence-electron chi connectivity index (χ3n) is 3.47. The molecule has 0 spiro atoms. The van der Waals surface area contributed by atoms with Crippen LogP contribution < -0.4 is 0 Å². The quantitative estimate of drug-likeness (QED) is 0.431. The second-order valence-corrected chi connectivity index (χ2v) is 8.06. The molecule has 3 aromatic rings. The summed E-state index contributed by atoms with van der Waals surface area (Å²) in [6.07, 6.45) is 0. The number of nitrogens with zero attached hydrogens (tertiary/aromatic N) is 3. The van der Waals surface area contributed by atoms with Gasteiger partial charge in [-0.1, -0.05) is 19.0 Å². The van der Waals surface area contributed by atoms with Gasteiger partial charge in [-0.05, 0) is 31.2 Å². The third-order valence-corrected chi connectivity index (χ3v) is 5.34. The summed E-state index contributed by atoms with van der Waals surface area (Å²) in [5, 5.41) is 6.98. The molecule has 3 rings (SSSR count). The molecule has 6 nitrogen and oxygen atoms in total. The van der Waals surface area contributed by atoms with Gasteiger partial charge in [-0.2, -0.15) is 4.98 Å². The van der Waals surface area contributed by atoms with E-state index in [9.17, 15) is 4.79 Å². The smallest absolute Gasteiger partial charge is 0.338 e. The maximum absolute atomic E-state index is 12.1. The van der Waals surface area contributed by atoms with Crippen LogP contribution in [-0.2, 0) is 17.1 Å². The van der Waals surface area contributed by atoms with Crippen molar-refractivity contribution in [2.24, 2.45) is 0 Å². The number of hydrogen-bond donors (Lipinski definition) is 0. The summed E-state index contributed by atoms with van der Waals surface area (Å²) in [6, 6.07) is 7.32. The summed E-state index contributed by atoms with van der Waals surface area (Å²) in [5.41, 5.74) is 1.56. The predicted octanol–water partition coefficient (Wildman–Crippen LogP) is 4.61. The van der Waals surface area contributed by atoms with Gasteiger partial charge in [0.15, 0.2) is 12.4 Å². The fourth-order valence-corrected chi connectivity index (χ4v) is 3.60. The molecule has 0 amide bonds. The molecular formula is C18H19N3O3S2. The van der Waals surface area contributed by atoms with Gasteiger partial charge >= 0.3 is 5.97 Å². The number of esters is 1. The molecule has 0 unspecified atom stereocenters. The zero-order chi connectivity index (χ0) is 18.5. The van der Waals surface area contributed by atoms with Gasteiger partial charge in [0.2, 0.25) is 0 Å². The number of rotatable bonds is 7. The highest BCUT2D eigenvalue weighted by Crippen LogP contribution is 2.24. The lowest BCUT2D eigenvalue weighted by atomic mass is 10.2. The van der Waals surface area contributed by atoms with Crippen LogP contribution >= 0.6 is 23.1 Å². The molecule has 136 valence electrons. The molecule has 0 aliphatic carbocycles. The van der Waals surface area contributed by atoms with Crippen molar-refractivity contribution < 1.29 is 14.1 Å². The van der Waals surface area contributed by atoms with Gasteiger partial charge in [-0.25, -0.2) is 9.78 Å². The summed E-state index contributed by atoms with van der Waals surface area (Å²) in [7, 11) is 0. The van der Waals surface area contributed by atoms with Crippen molar-refractivity contribution in [1.82, 2.24) is 15.1 Å². The van der Waals surface area contributed by atoms with E-state index in [1.807, 2.05) is 32.9 Å². The maximum Gasteiger partial charge on any atom is 0.338 e. The second-order valence-electron chi connectivity index (χ2n) is 5.95. The molecule has 0 fully saturated rings. The van der Waals surface area contributed by atoms with E-state index in [1.54, 1.807) is 35.2 Å². The number of aromatic nitrogens is 3. The first-order chi connectivity index (χ1) is 12.5. The SMILES string of the molecule is Cc1nc(CSc2ccc(C(=O)OCc3nc(C(C)C)no3)cc2)cs1. The van der Waals surface area contributed by atoms with Crippen LogP contribution in [0.4, 0.5) is 0 Å². The number of carbonyl (C=O) groups is 1. The van der Waals surface area contributed by atoms with Crippen molar-refractivity contribution >= 4 is 29.1 Å². The van der Waals surface area contributed by atoms with E-state index in [2.05, 4.69) is 20.5 Å². The van der Waals surface area contributed by atoms with Crippen molar-refractivity contribution in [1.29, 1.82) is 0 Å². The van der Waals surface area contributed by atoms with Crippen LogP contribution in [0.25, 0.3) is 0 Å². The zero-order valence-electron chi connectivity index (χ0n) is 14.8. The Morgan fingerprint density at radius 3 is 2.65 bits per heavy atom. The molecule has 0 atom stereocenters. The molecule has 26 heavy (non-hydrogen) atoms. The highest BCUT2D eigenvalue weighted by Gasteiger charge is 2.13. The normalized spacial score (nSPS) is 11.1. The standard InChI is InChI=1S/C18H19N3O3S2/c1-11(2)17-20-16(24-21-17)8-23-18(22)13-4-6-15(7-5-13)26-10-14-9-25-12(3)19-14/h4-7,9,11H,8,10H2,1-3H3. The lowest BCUT2D eigenvalue weighted by molar-refractivity contribution is 0.0429. The first-order valence-corrected chi connectivity index (χ1v) is 10.0. The minimum absolute atomic E-state index is 0.0295. The molecule has 0 aliphatic rings. The molecule has 0 saturated heterocycles. The van der Waals surface area contributed by atoms with E-state index in [0.29, 0.717) is 17.3 Å². The summed E-state index contributed by atoms with van der Waals surface area (Å²) < 4.78 is 10.3. The largest absolute Gasteiger partial charge is 0.452 e. The second kappa shape index (κ2) is 8.46. The van der Waals surface area contributed by atoms with E-state index in [0.717, 1.165) is 21.3 Å². The molecule has 0 saturated carbocycles. The molecule has 0 radical (unpaired) electrons. The fraction of sp³-hybridized carbons (Fsp3) is 0.333. The molecule has 2 aromatic heterocycles. The Morgan fingerprint density at radius 2 is 2.04 bits per heavy atom. The molecular weight excluding hydrogens is 370 g/mol. The van der Waals surface area contributed by atoms with Crippen LogP contribution in [0.3, 0.4) is 0 Å². The molecule has 0 aliphatic heterocycles. The fourth-order valence-electron chi connectivity index (χ4n) is 2.09. The molecule has 1 aromatic carbocycles. The summed E-state index contributed by atoms with van der Waals surface area (Å²) in [4.78, 5) is 21.8. The first kappa shape index (κ1) is 18.6. The van der Waals surface area contributed by atoms with Crippen LogP contribution in [0.5, 0.6) is 0 Å². The van der Waals surface area contributed by atoms with E-state index in [-0.39, 0.29) is 12.5 Å². The van der Waals surface area contributed by atoms with E-state index < -0.39 is 5.97 Å². The van der Waals surface area contributed by atoms with Crippen LogP contribution in [0.15, 0.2) is 39.1 Å². The van der Waals surface area contributed by atoms with Crippen molar-refractivity contribution in [3.05, 3.63) is 57.6 Å². The zero-order valence-corrected chi connectivity index (χ0v) is 16.4. The Hall–Kier alpha value is -2.19. The van der Waals surface area contributed by atoms with Crippen molar-refractivity contribution in [2.45, 2.75) is 43.9 Å². The average molecular weight is 390 g/mol. The van der Waals surface area contributed by atoms with E-state index in [1.165, 1.54) is 0 Å². The highest BCUT2D eigenvalue weighted by molar-refractivity contribution is 7.98. The minimum atomic E-state index is -0.416. The Bertz CT molecular complexity index is 872. The van der Waals surface area contributed by atoms with Gasteiger partial charge in [0, 0.05) is 21.9 Å². The van der Waals surface area contributed by atoms with Crippen LogP contribution in [-0.4, -0.2) is 21.1 Å². The van der Waals surface area contributed by atoms with Crippen molar-refractivity contribution in [3.8, 4) is 0 Å². The minimum Gasteiger partial charge on any atom is -0.452 e. The molecule has 0 N–H and O–H groups in total. The number of hydrogen-bond acceptors (Lipinski definition) is 8. The van der Waals surface area contributed by atoms with E-state index in [4.69, 9.17) is 9.26 Å². The van der Waals surface area contributed by atoms with Gasteiger partial charge in [-0.15, -0.1) is 23.1 Å². The summed E-state index contributed by atoms with van der Waals surface area (Å²) >= 11 is 3.33. The Balaban J connectivity index is 1.51. The van der Waals surface area contributed by atoms with Crippen molar-refractivity contribution in [3.63, 3.8) is 0 Å².